The van der Waals surface area contributed by atoms with Crippen LogP contribution in [0.1, 0.15) is 29.0 Å². The maximum Gasteiger partial charge on any atom is 0.349 e. The number of hydrogen-bond donors (Lipinski definition) is 1. The van der Waals surface area contributed by atoms with Crippen molar-refractivity contribution in [3.63, 3.8) is 0 Å². The summed E-state index contributed by atoms with van der Waals surface area (Å²) in [6.07, 6.45) is 2.56. The van der Waals surface area contributed by atoms with Crippen LogP contribution >= 0.6 is 22.7 Å². The molecule has 7 heteroatoms. The standard InChI is InChI=1S/C20H26NO4S2/c1-21(2)13-10-14(12-15(21)16(11-13)24-3)25-19(22)20(23,17-6-4-8-26-17)18-7-5-9-27-18/h4-9,13-16,23H,10-12H2,1-3H3/q+1/t13?,14-,15?,16-/m0/s1. The Bertz CT molecular complexity index is 753. The van der Waals surface area contributed by atoms with E-state index in [9.17, 15) is 9.90 Å². The second-order valence-corrected chi connectivity index (χ2v) is 9.92. The number of ether oxygens (including phenoxy) is 2. The van der Waals surface area contributed by atoms with Crippen LogP contribution in [-0.4, -0.2) is 61.1 Å². The third kappa shape index (κ3) is 3.06. The molecule has 0 aromatic carbocycles. The Hall–Kier alpha value is -1.25. The van der Waals surface area contributed by atoms with Crippen LogP contribution in [0.5, 0.6) is 0 Å². The van der Waals surface area contributed by atoms with Gasteiger partial charge in [-0.05, 0) is 22.9 Å². The van der Waals surface area contributed by atoms with Gasteiger partial charge in [0.15, 0.2) is 0 Å². The highest BCUT2D eigenvalue weighted by Gasteiger charge is 2.56. The highest BCUT2D eigenvalue weighted by atomic mass is 32.1. The van der Waals surface area contributed by atoms with Gasteiger partial charge in [0, 0.05) is 26.4 Å². The van der Waals surface area contributed by atoms with E-state index in [1.54, 1.807) is 19.2 Å². The number of quaternary nitrogens is 1. The van der Waals surface area contributed by atoms with Crippen molar-refractivity contribution in [3.8, 4) is 0 Å². The minimum absolute atomic E-state index is 0.190. The molecule has 5 nitrogen and oxygen atoms in total. The monoisotopic (exact) mass is 408 g/mol. The molecule has 0 aliphatic carbocycles. The van der Waals surface area contributed by atoms with Crippen LogP contribution in [0.25, 0.3) is 0 Å². The molecule has 2 aliphatic rings. The van der Waals surface area contributed by atoms with E-state index < -0.39 is 11.6 Å². The molecule has 27 heavy (non-hydrogen) atoms. The van der Waals surface area contributed by atoms with E-state index >= 15 is 0 Å². The van der Waals surface area contributed by atoms with Crippen LogP contribution in [0.2, 0.25) is 0 Å². The molecule has 2 aliphatic heterocycles. The summed E-state index contributed by atoms with van der Waals surface area (Å²) in [5, 5.41) is 15.1. The van der Waals surface area contributed by atoms with Crippen LogP contribution < -0.4 is 0 Å². The van der Waals surface area contributed by atoms with E-state index in [4.69, 9.17) is 9.47 Å². The number of likely N-dealkylation sites (N-methyl/N-ethyl adjacent to an activating group) is 1. The molecule has 2 aromatic rings. The lowest BCUT2D eigenvalue weighted by molar-refractivity contribution is -0.932. The highest BCUT2D eigenvalue weighted by Crippen LogP contribution is 2.43. The molecule has 2 fully saturated rings. The molecule has 0 radical (unpaired) electrons. The van der Waals surface area contributed by atoms with Crippen molar-refractivity contribution in [2.45, 2.75) is 49.2 Å². The number of nitrogens with zero attached hydrogens (tertiary/aromatic N) is 1. The average Bonchev–Trinajstić information content (AvgIpc) is 3.36. The fraction of sp³-hybridized carbons (Fsp3) is 0.550. The number of aliphatic hydroxyl groups is 1. The third-order valence-corrected chi connectivity index (χ3v) is 8.35. The van der Waals surface area contributed by atoms with Crippen molar-refractivity contribution >= 4 is 28.6 Å². The Morgan fingerprint density at radius 1 is 1.15 bits per heavy atom. The van der Waals surface area contributed by atoms with Gasteiger partial charge < -0.3 is 19.1 Å². The number of esters is 1. The SMILES string of the molecule is CO[C@H]1CC2C[C@H](OC(=O)C(O)(c3cccs3)c3cccs3)CC1[N+]2(C)C. The molecule has 146 valence electrons. The third-order valence-electron chi connectivity index (χ3n) is 6.40. The van der Waals surface area contributed by atoms with Gasteiger partial charge in [0.1, 0.15) is 18.2 Å². The zero-order chi connectivity index (χ0) is 19.2. The number of piperidine rings is 1. The van der Waals surface area contributed by atoms with Gasteiger partial charge >= 0.3 is 5.97 Å². The Kier molecular flexibility index (Phi) is 4.93. The van der Waals surface area contributed by atoms with E-state index in [2.05, 4.69) is 14.1 Å². The zero-order valence-electron chi connectivity index (χ0n) is 15.8. The van der Waals surface area contributed by atoms with Gasteiger partial charge in [0.2, 0.25) is 5.60 Å². The van der Waals surface area contributed by atoms with Gasteiger partial charge in [0.25, 0.3) is 0 Å². The summed E-state index contributed by atoms with van der Waals surface area (Å²) in [5.74, 6) is -0.571. The van der Waals surface area contributed by atoms with E-state index in [-0.39, 0.29) is 12.2 Å². The Balaban J connectivity index is 1.57. The summed E-state index contributed by atoms with van der Waals surface area (Å²) in [7, 11) is 6.23. The van der Waals surface area contributed by atoms with E-state index in [0.717, 1.165) is 23.7 Å². The maximum absolute atomic E-state index is 13.2. The van der Waals surface area contributed by atoms with Gasteiger partial charge in [-0.2, -0.15) is 0 Å². The number of thiophene rings is 2. The lowest BCUT2D eigenvalue weighted by Gasteiger charge is -2.44. The number of fused-ring (bicyclic) bond motifs is 2. The molecule has 1 N–H and O–H groups in total. The quantitative estimate of drug-likeness (QED) is 0.610. The van der Waals surface area contributed by atoms with Crippen molar-refractivity contribution in [2.24, 2.45) is 0 Å². The summed E-state index contributed by atoms with van der Waals surface area (Å²) < 4.78 is 12.5. The number of hydrogen-bond acceptors (Lipinski definition) is 6. The molecular formula is C20H26NO4S2+. The molecule has 0 amide bonds. The normalized spacial score (nSPS) is 29.6. The van der Waals surface area contributed by atoms with Crippen LogP contribution in [0.15, 0.2) is 35.0 Å². The second-order valence-electron chi connectivity index (χ2n) is 8.02. The van der Waals surface area contributed by atoms with E-state index in [1.807, 2.05) is 22.9 Å². The first-order chi connectivity index (χ1) is 12.9. The largest absolute Gasteiger partial charge is 0.459 e. The van der Waals surface area contributed by atoms with Crippen molar-refractivity contribution in [1.29, 1.82) is 0 Å². The van der Waals surface area contributed by atoms with Gasteiger partial charge in [0.05, 0.1) is 29.9 Å². The van der Waals surface area contributed by atoms with Crippen molar-refractivity contribution in [3.05, 3.63) is 44.8 Å². The summed E-state index contributed by atoms with van der Waals surface area (Å²) in [6.45, 7) is 0. The Labute approximate surface area is 167 Å². The Morgan fingerprint density at radius 3 is 2.30 bits per heavy atom. The number of rotatable bonds is 5. The van der Waals surface area contributed by atoms with Crippen LogP contribution in [0.4, 0.5) is 0 Å². The van der Waals surface area contributed by atoms with Crippen molar-refractivity contribution in [1.82, 2.24) is 0 Å². The minimum Gasteiger partial charge on any atom is -0.459 e. The van der Waals surface area contributed by atoms with Gasteiger partial charge in [-0.3, -0.25) is 0 Å². The molecule has 4 heterocycles. The summed E-state index contributed by atoms with van der Waals surface area (Å²) in [5.41, 5.74) is -1.73. The molecule has 4 atom stereocenters. The van der Waals surface area contributed by atoms with E-state index in [1.165, 1.54) is 22.7 Å². The highest BCUT2D eigenvalue weighted by molar-refractivity contribution is 7.12. The number of carbonyl (C=O) groups is 1. The Morgan fingerprint density at radius 2 is 1.78 bits per heavy atom. The predicted molar refractivity (Wildman–Crippen MR) is 106 cm³/mol. The topological polar surface area (TPSA) is 55.8 Å². The molecular weight excluding hydrogens is 382 g/mol. The molecule has 2 aromatic heterocycles. The first kappa shape index (κ1) is 19.1. The summed E-state index contributed by atoms with van der Waals surface area (Å²) in [6, 6.07) is 7.98. The predicted octanol–water partition coefficient (Wildman–Crippen LogP) is 2.98. The molecule has 0 spiro atoms. The van der Waals surface area contributed by atoms with Gasteiger partial charge in [-0.1, -0.05) is 12.1 Å². The average molecular weight is 409 g/mol. The smallest absolute Gasteiger partial charge is 0.349 e. The lowest BCUT2D eigenvalue weighted by Crippen LogP contribution is -2.58. The van der Waals surface area contributed by atoms with Crippen LogP contribution in [-0.2, 0) is 19.9 Å². The first-order valence-corrected chi connectivity index (χ1v) is 11.0. The number of carbonyl (C=O) groups excluding carboxylic acids is 1. The molecule has 2 bridgehead atoms. The minimum atomic E-state index is -1.73. The van der Waals surface area contributed by atoms with Crippen molar-refractivity contribution in [2.75, 3.05) is 21.2 Å². The summed E-state index contributed by atoms with van der Waals surface area (Å²) in [4.78, 5) is 14.4. The number of methoxy groups -OCH3 is 1. The molecule has 0 saturated carbocycles. The van der Waals surface area contributed by atoms with Gasteiger partial charge in [-0.15, -0.1) is 22.7 Å². The molecule has 4 rings (SSSR count). The van der Waals surface area contributed by atoms with E-state index in [0.29, 0.717) is 21.8 Å². The fourth-order valence-electron chi connectivity index (χ4n) is 4.73. The maximum atomic E-state index is 13.2. The van der Waals surface area contributed by atoms with Crippen LogP contribution in [0, 0.1) is 0 Å². The van der Waals surface area contributed by atoms with Crippen LogP contribution in [0.3, 0.4) is 0 Å². The molecule has 2 unspecified atom stereocenters. The van der Waals surface area contributed by atoms with Crippen molar-refractivity contribution < 1.29 is 23.9 Å². The summed E-state index contributed by atoms with van der Waals surface area (Å²) >= 11 is 2.74. The molecule has 2 saturated heterocycles. The lowest BCUT2D eigenvalue weighted by atomic mass is 9.96. The van der Waals surface area contributed by atoms with Gasteiger partial charge in [-0.25, -0.2) is 4.79 Å². The fourth-order valence-corrected chi connectivity index (χ4v) is 6.45. The zero-order valence-corrected chi connectivity index (χ0v) is 17.5. The second kappa shape index (κ2) is 6.97. The first-order valence-electron chi connectivity index (χ1n) is 9.25.